The molecule has 0 heterocycles. The number of hydrogen-bond acceptors (Lipinski definition) is 5. The van der Waals surface area contributed by atoms with E-state index in [4.69, 9.17) is 9.84 Å². The topological polar surface area (TPSA) is 92.9 Å². The minimum atomic E-state index is -0.580. The van der Waals surface area contributed by atoms with Crippen molar-refractivity contribution in [3.63, 3.8) is 0 Å². The van der Waals surface area contributed by atoms with Gasteiger partial charge in [-0.05, 0) is 25.0 Å². The van der Waals surface area contributed by atoms with Gasteiger partial charge in [0.1, 0.15) is 0 Å². The first-order chi connectivity index (χ1) is 9.58. The highest BCUT2D eigenvalue weighted by atomic mass is 16.6. The fourth-order valence-electron chi connectivity index (χ4n) is 2.08. The molecule has 7 nitrogen and oxygen atoms in total. The Bertz CT molecular complexity index is 527. The maximum absolute atomic E-state index is 12.3. The fourth-order valence-corrected chi connectivity index (χ4v) is 2.08. The molecule has 1 amide bonds. The molecule has 1 fully saturated rings. The van der Waals surface area contributed by atoms with Gasteiger partial charge in [-0.2, -0.15) is 0 Å². The van der Waals surface area contributed by atoms with E-state index >= 15 is 0 Å². The van der Waals surface area contributed by atoms with Crippen LogP contribution in [0.4, 0.5) is 5.69 Å². The number of rotatable bonds is 6. The van der Waals surface area contributed by atoms with E-state index in [1.54, 1.807) is 4.90 Å². The molecule has 0 radical (unpaired) electrons. The number of hydrogen-bond donors (Lipinski definition) is 1. The lowest BCUT2D eigenvalue weighted by molar-refractivity contribution is -0.385. The summed E-state index contributed by atoms with van der Waals surface area (Å²) in [5, 5.41) is 20.0. The van der Waals surface area contributed by atoms with E-state index in [1.807, 2.05) is 0 Å². The molecule has 7 heteroatoms. The predicted molar refractivity (Wildman–Crippen MR) is 70.8 cm³/mol. The largest absolute Gasteiger partial charge is 0.490 e. The minimum Gasteiger partial charge on any atom is -0.490 e. The second kappa shape index (κ2) is 5.87. The third kappa shape index (κ3) is 2.88. The number of nitro groups is 1. The first-order valence-corrected chi connectivity index (χ1v) is 6.32. The Labute approximate surface area is 115 Å². The summed E-state index contributed by atoms with van der Waals surface area (Å²) in [6.07, 6.45) is 1.81. The third-order valence-electron chi connectivity index (χ3n) is 3.21. The highest BCUT2D eigenvalue weighted by molar-refractivity contribution is 5.95. The average Bonchev–Trinajstić information content (AvgIpc) is 3.27. The number of benzene rings is 1. The first-order valence-electron chi connectivity index (χ1n) is 6.32. The Morgan fingerprint density at radius 3 is 2.75 bits per heavy atom. The van der Waals surface area contributed by atoms with Crippen LogP contribution in [0.15, 0.2) is 18.2 Å². The van der Waals surface area contributed by atoms with Crippen molar-refractivity contribution in [1.29, 1.82) is 0 Å². The van der Waals surface area contributed by atoms with E-state index in [2.05, 4.69) is 0 Å². The van der Waals surface area contributed by atoms with Gasteiger partial charge in [0.2, 0.25) is 0 Å². The number of aliphatic hydroxyl groups excluding tert-OH is 1. The van der Waals surface area contributed by atoms with Crippen molar-refractivity contribution in [2.45, 2.75) is 18.9 Å². The quantitative estimate of drug-likeness (QED) is 0.624. The van der Waals surface area contributed by atoms with Crippen LogP contribution < -0.4 is 4.74 Å². The van der Waals surface area contributed by atoms with Crippen molar-refractivity contribution in [3.8, 4) is 5.75 Å². The summed E-state index contributed by atoms with van der Waals surface area (Å²) >= 11 is 0. The van der Waals surface area contributed by atoms with Crippen LogP contribution in [0.25, 0.3) is 0 Å². The number of nitrogens with zero attached hydrogens (tertiary/aromatic N) is 2. The molecule has 1 aromatic carbocycles. The molecule has 0 atom stereocenters. The third-order valence-corrected chi connectivity index (χ3v) is 3.21. The number of carbonyl (C=O) groups is 1. The molecule has 0 unspecified atom stereocenters. The molecule has 0 saturated heterocycles. The lowest BCUT2D eigenvalue weighted by Crippen LogP contribution is -2.35. The number of ether oxygens (including phenoxy) is 1. The SMILES string of the molecule is COc1ccc(C(=O)N(CCO)C2CC2)cc1[N+](=O)[O-]. The highest BCUT2D eigenvalue weighted by Crippen LogP contribution is 2.31. The molecule has 1 N–H and O–H groups in total. The predicted octanol–water partition coefficient (Wildman–Crippen LogP) is 1.20. The molecule has 0 aliphatic heterocycles. The molecule has 0 spiro atoms. The van der Waals surface area contributed by atoms with Gasteiger partial charge >= 0.3 is 5.69 Å². The molecule has 1 aliphatic carbocycles. The zero-order valence-electron chi connectivity index (χ0n) is 11.1. The van der Waals surface area contributed by atoms with Gasteiger partial charge in [-0.1, -0.05) is 0 Å². The van der Waals surface area contributed by atoms with Crippen LogP contribution in [-0.4, -0.2) is 47.1 Å². The average molecular weight is 280 g/mol. The Kier molecular flexibility index (Phi) is 4.19. The van der Waals surface area contributed by atoms with E-state index in [9.17, 15) is 14.9 Å². The van der Waals surface area contributed by atoms with Crippen LogP contribution in [0.1, 0.15) is 23.2 Å². The summed E-state index contributed by atoms with van der Waals surface area (Å²) in [5.74, 6) is -0.181. The van der Waals surface area contributed by atoms with Crippen LogP contribution >= 0.6 is 0 Å². The van der Waals surface area contributed by atoms with Gasteiger partial charge in [0.05, 0.1) is 18.6 Å². The van der Waals surface area contributed by atoms with Crippen LogP contribution in [0, 0.1) is 10.1 Å². The van der Waals surface area contributed by atoms with Gasteiger partial charge in [-0.3, -0.25) is 14.9 Å². The zero-order valence-corrected chi connectivity index (χ0v) is 11.1. The smallest absolute Gasteiger partial charge is 0.311 e. The second-order valence-corrected chi connectivity index (χ2v) is 4.60. The summed E-state index contributed by atoms with van der Waals surface area (Å²) < 4.78 is 4.90. The molecular formula is C13H16N2O5. The summed E-state index contributed by atoms with van der Waals surface area (Å²) in [4.78, 5) is 24.3. The van der Waals surface area contributed by atoms with Gasteiger partial charge in [0.15, 0.2) is 5.75 Å². The molecule has 1 aliphatic rings. The number of methoxy groups -OCH3 is 1. The summed E-state index contributed by atoms with van der Waals surface area (Å²) in [6.45, 7) is 0.115. The van der Waals surface area contributed by atoms with Crippen LogP contribution in [0.5, 0.6) is 5.75 Å². The summed E-state index contributed by atoms with van der Waals surface area (Å²) in [5.41, 5.74) is -0.00375. The highest BCUT2D eigenvalue weighted by Gasteiger charge is 2.33. The normalized spacial score (nSPS) is 13.9. The van der Waals surface area contributed by atoms with Gasteiger partial charge in [0, 0.05) is 24.2 Å². The molecule has 0 bridgehead atoms. The van der Waals surface area contributed by atoms with Crippen LogP contribution in [0.3, 0.4) is 0 Å². The van der Waals surface area contributed by atoms with E-state index in [0.717, 1.165) is 12.8 Å². The van der Waals surface area contributed by atoms with E-state index in [1.165, 1.54) is 25.3 Å². The van der Waals surface area contributed by atoms with E-state index in [-0.39, 0.29) is 42.1 Å². The first kappa shape index (κ1) is 14.3. The molecule has 0 aromatic heterocycles. The van der Waals surface area contributed by atoms with Gasteiger partial charge in [-0.15, -0.1) is 0 Å². The summed E-state index contributed by atoms with van der Waals surface area (Å²) in [6, 6.07) is 4.26. The van der Waals surface area contributed by atoms with E-state index in [0.29, 0.717) is 0 Å². The van der Waals surface area contributed by atoms with Crippen molar-refractivity contribution in [2.75, 3.05) is 20.3 Å². The number of aliphatic hydroxyl groups is 1. The minimum absolute atomic E-state index is 0.117. The Morgan fingerprint density at radius 2 is 2.25 bits per heavy atom. The van der Waals surface area contributed by atoms with Crippen LogP contribution in [-0.2, 0) is 0 Å². The Balaban J connectivity index is 2.29. The molecule has 1 aromatic rings. The van der Waals surface area contributed by atoms with Gasteiger partial charge in [0.25, 0.3) is 5.91 Å². The fraction of sp³-hybridized carbons (Fsp3) is 0.462. The molecule has 20 heavy (non-hydrogen) atoms. The van der Waals surface area contributed by atoms with Crippen molar-refractivity contribution in [2.24, 2.45) is 0 Å². The number of amides is 1. The second-order valence-electron chi connectivity index (χ2n) is 4.60. The number of nitro benzene ring substituents is 1. The van der Waals surface area contributed by atoms with Crippen molar-refractivity contribution in [1.82, 2.24) is 4.90 Å². The maximum Gasteiger partial charge on any atom is 0.311 e. The van der Waals surface area contributed by atoms with Gasteiger partial charge in [-0.25, -0.2) is 0 Å². The molecular weight excluding hydrogens is 264 g/mol. The van der Waals surface area contributed by atoms with Crippen molar-refractivity contribution in [3.05, 3.63) is 33.9 Å². The standard InChI is InChI=1S/C13H16N2O5/c1-20-12-5-2-9(8-11(12)15(18)19)13(17)14(6-7-16)10-3-4-10/h2,5,8,10,16H,3-4,6-7H2,1H3. The van der Waals surface area contributed by atoms with Gasteiger partial charge < -0.3 is 14.7 Å². The van der Waals surface area contributed by atoms with Crippen molar-refractivity contribution < 1.29 is 19.6 Å². The maximum atomic E-state index is 12.3. The Morgan fingerprint density at radius 1 is 1.55 bits per heavy atom. The molecule has 1 saturated carbocycles. The Hall–Kier alpha value is -2.15. The zero-order chi connectivity index (χ0) is 14.7. The van der Waals surface area contributed by atoms with Crippen LogP contribution in [0.2, 0.25) is 0 Å². The number of carbonyl (C=O) groups excluding carboxylic acids is 1. The monoisotopic (exact) mass is 280 g/mol. The molecule has 108 valence electrons. The lowest BCUT2D eigenvalue weighted by Gasteiger charge is -2.21. The van der Waals surface area contributed by atoms with E-state index < -0.39 is 4.92 Å². The lowest BCUT2D eigenvalue weighted by atomic mass is 10.1. The molecule has 2 rings (SSSR count). The summed E-state index contributed by atoms with van der Waals surface area (Å²) in [7, 11) is 1.34. The van der Waals surface area contributed by atoms with Crippen molar-refractivity contribution >= 4 is 11.6 Å².